The minimum absolute atomic E-state index is 0.448. The maximum atomic E-state index is 6.08. The number of hydrogen-bond acceptors (Lipinski definition) is 2. The van der Waals surface area contributed by atoms with Crippen LogP contribution in [-0.4, -0.2) is 6.04 Å². The molecule has 2 rings (SSSR count). The molecule has 2 nitrogen and oxygen atoms in total. The molecular formula is C16H17BrINO. The van der Waals surface area contributed by atoms with Crippen LogP contribution >= 0.6 is 38.5 Å². The van der Waals surface area contributed by atoms with Crippen molar-refractivity contribution in [1.29, 1.82) is 0 Å². The van der Waals surface area contributed by atoms with Gasteiger partial charge in [-0.2, -0.15) is 0 Å². The third-order valence-electron chi connectivity index (χ3n) is 2.79. The third kappa shape index (κ3) is 4.46. The Labute approximate surface area is 142 Å². The Bertz CT molecular complexity index is 586. The van der Waals surface area contributed by atoms with Gasteiger partial charge in [0.25, 0.3) is 0 Å². The molecule has 0 aliphatic carbocycles. The second kappa shape index (κ2) is 7.43. The quantitative estimate of drug-likeness (QED) is 0.627. The van der Waals surface area contributed by atoms with Crippen molar-refractivity contribution in [3.8, 4) is 11.5 Å². The van der Waals surface area contributed by atoms with Crippen LogP contribution in [0.5, 0.6) is 11.5 Å². The molecule has 0 aliphatic rings. The van der Waals surface area contributed by atoms with Crippen molar-refractivity contribution < 1.29 is 4.74 Å². The molecule has 0 saturated carbocycles. The van der Waals surface area contributed by atoms with Gasteiger partial charge in [-0.25, -0.2) is 0 Å². The van der Waals surface area contributed by atoms with E-state index in [2.05, 4.69) is 63.8 Å². The summed E-state index contributed by atoms with van der Waals surface area (Å²) in [6, 6.07) is 14.6. The van der Waals surface area contributed by atoms with Crippen LogP contribution in [0.1, 0.15) is 19.4 Å². The summed E-state index contributed by atoms with van der Waals surface area (Å²) in [5.41, 5.74) is 1.15. The minimum atomic E-state index is 0.448. The molecule has 20 heavy (non-hydrogen) atoms. The van der Waals surface area contributed by atoms with Crippen LogP contribution in [0.2, 0.25) is 0 Å². The summed E-state index contributed by atoms with van der Waals surface area (Å²) in [6.45, 7) is 5.07. The minimum Gasteiger partial charge on any atom is -0.456 e. The maximum absolute atomic E-state index is 6.08. The SMILES string of the molecule is CC(C)NCc1ccc(Br)cc1Oc1ccccc1I. The van der Waals surface area contributed by atoms with Crippen LogP contribution < -0.4 is 10.1 Å². The highest BCUT2D eigenvalue weighted by atomic mass is 127. The zero-order valence-corrected chi connectivity index (χ0v) is 15.2. The number of para-hydroxylation sites is 1. The van der Waals surface area contributed by atoms with E-state index < -0.39 is 0 Å². The first kappa shape index (κ1) is 15.8. The van der Waals surface area contributed by atoms with Gasteiger partial charge in [0, 0.05) is 22.6 Å². The monoisotopic (exact) mass is 445 g/mol. The van der Waals surface area contributed by atoms with Gasteiger partial charge in [-0.1, -0.05) is 48.0 Å². The first-order valence-electron chi connectivity index (χ1n) is 6.50. The molecule has 2 aromatic carbocycles. The summed E-state index contributed by atoms with van der Waals surface area (Å²) in [4.78, 5) is 0. The Kier molecular flexibility index (Phi) is 5.86. The molecule has 0 spiro atoms. The fraction of sp³-hybridized carbons (Fsp3) is 0.250. The average molecular weight is 446 g/mol. The number of rotatable bonds is 5. The van der Waals surface area contributed by atoms with Crippen molar-refractivity contribution in [3.05, 3.63) is 56.1 Å². The Morgan fingerprint density at radius 2 is 1.90 bits per heavy atom. The number of hydrogen-bond donors (Lipinski definition) is 1. The van der Waals surface area contributed by atoms with E-state index in [0.29, 0.717) is 6.04 Å². The summed E-state index contributed by atoms with van der Waals surface area (Å²) in [5, 5.41) is 3.42. The Hall–Kier alpha value is -0.590. The lowest BCUT2D eigenvalue weighted by Gasteiger charge is -2.14. The second-order valence-electron chi connectivity index (χ2n) is 4.82. The molecule has 0 bridgehead atoms. The van der Waals surface area contributed by atoms with Crippen LogP contribution in [-0.2, 0) is 6.54 Å². The lowest BCUT2D eigenvalue weighted by Crippen LogP contribution is -2.22. The molecule has 0 saturated heterocycles. The van der Waals surface area contributed by atoms with E-state index in [1.54, 1.807) is 0 Å². The first-order chi connectivity index (χ1) is 9.56. The standard InChI is InChI=1S/C16H17BrINO/c1-11(2)19-10-12-7-8-13(17)9-16(12)20-15-6-4-3-5-14(15)18/h3-9,11,19H,10H2,1-2H3. The zero-order chi connectivity index (χ0) is 14.5. The number of ether oxygens (including phenoxy) is 1. The second-order valence-corrected chi connectivity index (χ2v) is 6.90. The predicted octanol–water partition coefficient (Wildman–Crippen LogP) is 5.34. The van der Waals surface area contributed by atoms with Gasteiger partial charge in [0.15, 0.2) is 0 Å². The van der Waals surface area contributed by atoms with Gasteiger partial charge in [0.05, 0.1) is 3.57 Å². The Morgan fingerprint density at radius 3 is 2.60 bits per heavy atom. The van der Waals surface area contributed by atoms with E-state index in [9.17, 15) is 0 Å². The molecule has 2 aromatic rings. The summed E-state index contributed by atoms with van der Waals surface area (Å²) >= 11 is 5.79. The Morgan fingerprint density at radius 1 is 1.15 bits per heavy atom. The first-order valence-corrected chi connectivity index (χ1v) is 8.37. The number of benzene rings is 2. The van der Waals surface area contributed by atoms with Crippen molar-refractivity contribution in [1.82, 2.24) is 5.32 Å². The molecule has 0 atom stereocenters. The summed E-state index contributed by atoms with van der Waals surface area (Å²) in [5.74, 6) is 1.77. The van der Waals surface area contributed by atoms with Gasteiger partial charge in [-0.3, -0.25) is 0 Å². The summed E-state index contributed by atoms with van der Waals surface area (Å²) in [7, 11) is 0. The topological polar surface area (TPSA) is 21.3 Å². The maximum Gasteiger partial charge on any atom is 0.140 e. The zero-order valence-electron chi connectivity index (χ0n) is 11.5. The van der Waals surface area contributed by atoms with Crippen LogP contribution in [0.4, 0.5) is 0 Å². The molecule has 0 heterocycles. The normalized spacial score (nSPS) is 10.8. The molecular weight excluding hydrogens is 429 g/mol. The van der Waals surface area contributed by atoms with Gasteiger partial charge in [0.1, 0.15) is 11.5 Å². The van der Waals surface area contributed by atoms with Crippen molar-refractivity contribution >= 4 is 38.5 Å². The van der Waals surface area contributed by atoms with Crippen LogP contribution in [0.25, 0.3) is 0 Å². The van der Waals surface area contributed by atoms with Crippen molar-refractivity contribution in [2.45, 2.75) is 26.4 Å². The van der Waals surface area contributed by atoms with Gasteiger partial charge < -0.3 is 10.1 Å². The van der Waals surface area contributed by atoms with Crippen LogP contribution in [0.3, 0.4) is 0 Å². The van der Waals surface area contributed by atoms with Gasteiger partial charge >= 0.3 is 0 Å². The lowest BCUT2D eigenvalue weighted by molar-refractivity contribution is 0.466. The number of halogens is 2. The van der Waals surface area contributed by atoms with E-state index in [4.69, 9.17) is 4.74 Å². The molecule has 4 heteroatoms. The molecule has 1 N–H and O–H groups in total. The highest BCUT2D eigenvalue weighted by molar-refractivity contribution is 14.1. The largest absolute Gasteiger partial charge is 0.456 e. The fourth-order valence-electron chi connectivity index (χ4n) is 1.73. The lowest BCUT2D eigenvalue weighted by atomic mass is 10.2. The molecule has 0 unspecified atom stereocenters. The van der Waals surface area contributed by atoms with E-state index in [1.807, 2.05) is 36.4 Å². The van der Waals surface area contributed by atoms with Crippen molar-refractivity contribution in [2.24, 2.45) is 0 Å². The van der Waals surface area contributed by atoms with Gasteiger partial charge in [-0.15, -0.1) is 0 Å². The molecule has 0 amide bonds. The average Bonchev–Trinajstić information content (AvgIpc) is 2.40. The Balaban J connectivity index is 2.25. The van der Waals surface area contributed by atoms with Crippen LogP contribution in [0, 0.1) is 3.57 Å². The molecule has 0 aromatic heterocycles. The van der Waals surface area contributed by atoms with E-state index in [-0.39, 0.29) is 0 Å². The van der Waals surface area contributed by atoms with Crippen LogP contribution in [0.15, 0.2) is 46.9 Å². The van der Waals surface area contributed by atoms with Gasteiger partial charge in [0.2, 0.25) is 0 Å². The molecule has 0 radical (unpaired) electrons. The molecule has 106 valence electrons. The summed E-state index contributed by atoms with van der Waals surface area (Å²) in [6.07, 6.45) is 0. The van der Waals surface area contributed by atoms with Crippen molar-refractivity contribution in [3.63, 3.8) is 0 Å². The highest BCUT2D eigenvalue weighted by Crippen LogP contribution is 2.31. The van der Waals surface area contributed by atoms with E-state index in [0.717, 1.165) is 31.7 Å². The van der Waals surface area contributed by atoms with E-state index >= 15 is 0 Å². The molecule has 0 aliphatic heterocycles. The predicted molar refractivity (Wildman–Crippen MR) is 95.4 cm³/mol. The molecule has 0 fully saturated rings. The third-order valence-corrected chi connectivity index (χ3v) is 4.17. The van der Waals surface area contributed by atoms with E-state index in [1.165, 1.54) is 0 Å². The fourth-order valence-corrected chi connectivity index (χ4v) is 2.57. The smallest absolute Gasteiger partial charge is 0.140 e. The summed E-state index contributed by atoms with van der Waals surface area (Å²) < 4.78 is 8.20. The van der Waals surface area contributed by atoms with Gasteiger partial charge in [-0.05, 0) is 46.9 Å². The highest BCUT2D eigenvalue weighted by Gasteiger charge is 2.08. The van der Waals surface area contributed by atoms with Crippen molar-refractivity contribution in [2.75, 3.05) is 0 Å². The number of nitrogens with one attached hydrogen (secondary N) is 1.